The fourth-order valence-electron chi connectivity index (χ4n) is 1.30. The Morgan fingerprint density at radius 3 is 1.96 bits per heavy atom. The van der Waals surface area contributed by atoms with Gasteiger partial charge in [0.1, 0.15) is 6.61 Å². The van der Waals surface area contributed by atoms with E-state index in [1.807, 2.05) is 20.8 Å². The van der Waals surface area contributed by atoms with Crippen LogP contribution in [0.25, 0.3) is 0 Å². The molecule has 8 heteroatoms. The Labute approximate surface area is 137 Å². The SMILES string of the molecule is CC(C)(C)OCC(=O)NCCOCCOCCOCCC(=O)O. The van der Waals surface area contributed by atoms with Gasteiger partial charge in [-0.3, -0.25) is 9.59 Å². The third-order valence-electron chi connectivity index (χ3n) is 2.41. The largest absolute Gasteiger partial charge is 0.481 e. The topological polar surface area (TPSA) is 103 Å². The monoisotopic (exact) mass is 335 g/mol. The minimum Gasteiger partial charge on any atom is -0.481 e. The van der Waals surface area contributed by atoms with Gasteiger partial charge in [0.2, 0.25) is 5.91 Å². The lowest BCUT2D eigenvalue weighted by Crippen LogP contribution is -2.34. The highest BCUT2D eigenvalue weighted by Crippen LogP contribution is 2.05. The number of carboxylic acids is 1. The van der Waals surface area contributed by atoms with Gasteiger partial charge in [0, 0.05) is 6.54 Å². The van der Waals surface area contributed by atoms with Crippen LogP contribution < -0.4 is 5.32 Å². The van der Waals surface area contributed by atoms with Crippen LogP contribution in [-0.2, 0) is 28.5 Å². The van der Waals surface area contributed by atoms with Crippen molar-refractivity contribution in [2.75, 3.05) is 52.8 Å². The highest BCUT2D eigenvalue weighted by molar-refractivity contribution is 5.77. The summed E-state index contributed by atoms with van der Waals surface area (Å²) >= 11 is 0. The molecule has 1 amide bonds. The Balaban J connectivity index is 3.21. The van der Waals surface area contributed by atoms with Crippen molar-refractivity contribution in [2.24, 2.45) is 0 Å². The quantitative estimate of drug-likeness (QED) is 0.444. The summed E-state index contributed by atoms with van der Waals surface area (Å²) in [4.78, 5) is 21.6. The summed E-state index contributed by atoms with van der Waals surface area (Å²) in [6.45, 7) is 8.31. The molecule has 136 valence electrons. The maximum atomic E-state index is 11.4. The molecular formula is C15H29NO7. The van der Waals surface area contributed by atoms with Gasteiger partial charge in [-0.15, -0.1) is 0 Å². The Morgan fingerprint density at radius 2 is 1.43 bits per heavy atom. The van der Waals surface area contributed by atoms with Gasteiger partial charge < -0.3 is 29.4 Å². The molecule has 0 aromatic heterocycles. The number of nitrogens with one attached hydrogen (secondary N) is 1. The summed E-state index contributed by atoms with van der Waals surface area (Å²) in [6, 6.07) is 0. The van der Waals surface area contributed by atoms with E-state index < -0.39 is 5.97 Å². The number of carboxylic acid groups (broad SMARTS) is 1. The van der Waals surface area contributed by atoms with Crippen LogP contribution in [0.4, 0.5) is 0 Å². The minimum atomic E-state index is -0.878. The molecule has 0 aliphatic heterocycles. The molecule has 0 spiro atoms. The predicted octanol–water partition coefficient (Wildman–Crippen LogP) is 0.442. The summed E-state index contributed by atoms with van der Waals surface area (Å²) in [6.07, 6.45) is -0.00434. The second kappa shape index (κ2) is 13.2. The number of ether oxygens (including phenoxy) is 4. The Hall–Kier alpha value is -1.22. The molecule has 0 heterocycles. The fourth-order valence-corrected chi connectivity index (χ4v) is 1.30. The molecule has 0 aromatic rings. The van der Waals surface area contributed by atoms with Crippen molar-refractivity contribution in [1.29, 1.82) is 0 Å². The first kappa shape index (κ1) is 21.8. The number of hydrogen-bond donors (Lipinski definition) is 2. The second-order valence-electron chi connectivity index (χ2n) is 5.73. The first-order valence-corrected chi connectivity index (χ1v) is 7.67. The van der Waals surface area contributed by atoms with E-state index in [1.54, 1.807) is 0 Å². The Kier molecular flexibility index (Phi) is 12.5. The lowest BCUT2D eigenvalue weighted by molar-refractivity contribution is -0.138. The summed E-state index contributed by atoms with van der Waals surface area (Å²) in [5.41, 5.74) is -0.331. The van der Waals surface area contributed by atoms with Crippen molar-refractivity contribution in [2.45, 2.75) is 32.8 Å². The van der Waals surface area contributed by atoms with Crippen LogP contribution in [-0.4, -0.2) is 75.4 Å². The summed E-state index contributed by atoms with van der Waals surface area (Å²) in [5, 5.41) is 11.1. The van der Waals surface area contributed by atoms with Crippen LogP contribution in [0.3, 0.4) is 0 Å². The standard InChI is InChI=1S/C15H29NO7/c1-15(2,3)23-12-13(17)16-5-7-21-9-11-22-10-8-20-6-4-14(18)19/h4-12H2,1-3H3,(H,16,17)(H,18,19). The van der Waals surface area contributed by atoms with Gasteiger partial charge in [-0.1, -0.05) is 0 Å². The van der Waals surface area contributed by atoms with Crippen molar-refractivity contribution < 1.29 is 33.6 Å². The zero-order valence-corrected chi connectivity index (χ0v) is 14.3. The third-order valence-corrected chi connectivity index (χ3v) is 2.41. The van der Waals surface area contributed by atoms with Crippen molar-refractivity contribution in [3.63, 3.8) is 0 Å². The number of carbonyl (C=O) groups excluding carboxylic acids is 1. The summed E-state index contributed by atoms with van der Waals surface area (Å²) < 4.78 is 20.9. The highest BCUT2D eigenvalue weighted by Gasteiger charge is 2.12. The normalized spacial score (nSPS) is 11.4. The Bertz CT molecular complexity index is 328. The Morgan fingerprint density at radius 1 is 0.913 bits per heavy atom. The molecule has 0 saturated carbocycles. The smallest absolute Gasteiger partial charge is 0.305 e. The zero-order valence-electron chi connectivity index (χ0n) is 14.3. The molecule has 0 radical (unpaired) electrons. The van der Waals surface area contributed by atoms with Gasteiger partial charge in [0.15, 0.2) is 0 Å². The number of amides is 1. The van der Waals surface area contributed by atoms with Crippen molar-refractivity contribution in [3.05, 3.63) is 0 Å². The molecule has 8 nitrogen and oxygen atoms in total. The molecule has 0 bridgehead atoms. The van der Waals surface area contributed by atoms with E-state index in [2.05, 4.69) is 5.32 Å². The average molecular weight is 335 g/mol. The zero-order chi connectivity index (χ0) is 17.6. The molecule has 0 saturated heterocycles. The van der Waals surface area contributed by atoms with E-state index >= 15 is 0 Å². The van der Waals surface area contributed by atoms with Gasteiger partial charge in [-0.05, 0) is 20.8 Å². The van der Waals surface area contributed by atoms with Gasteiger partial charge in [0.05, 0.1) is 51.7 Å². The third kappa shape index (κ3) is 18.7. The predicted molar refractivity (Wildman–Crippen MR) is 83.4 cm³/mol. The van der Waals surface area contributed by atoms with Gasteiger partial charge in [-0.2, -0.15) is 0 Å². The molecule has 0 atom stereocenters. The van der Waals surface area contributed by atoms with E-state index in [0.29, 0.717) is 39.6 Å². The van der Waals surface area contributed by atoms with E-state index in [4.69, 9.17) is 24.1 Å². The second-order valence-corrected chi connectivity index (χ2v) is 5.73. The molecule has 0 aliphatic carbocycles. The van der Waals surface area contributed by atoms with Crippen molar-refractivity contribution in [1.82, 2.24) is 5.32 Å². The molecular weight excluding hydrogens is 306 g/mol. The minimum absolute atomic E-state index is 0.00434. The molecule has 2 N–H and O–H groups in total. The van der Waals surface area contributed by atoms with Crippen LogP contribution >= 0.6 is 0 Å². The number of rotatable bonds is 14. The van der Waals surface area contributed by atoms with Crippen molar-refractivity contribution in [3.8, 4) is 0 Å². The maximum absolute atomic E-state index is 11.4. The lowest BCUT2D eigenvalue weighted by atomic mass is 10.2. The van der Waals surface area contributed by atoms with Crippen LogP contribution in [0.15, 0.2) is 0 Å². The van der Waals surface area contributed by atoms with Crippen LogP contribution in [0.2, 0.25) is 0 Å². The van der Waals surface area contributed by atoms with Gasteiger partial charge in [-0.25, -0.2) is 0 Å². The molecule has 0 aromatic carbocycles. The number of carbonyl (C=O) groups is 2. The van der Waals surface area contributed by atoms with Gasteiger partial charge in [0.25, 0.3) is 0 Å². The summed E-state index contributed by atoms with van der Waals surface area (Å²) in [5.74, 6) is -1.05. The molecule has 0 rings (SSSR count). The van der Waals surface area contributed by atoms with E-state index in [-0.39, 0.29) is 31.1 Å². The fraction of sp³-hybridized carbons (Fsp3) is 0.867. The lowest BCUT2D eigenvalue weighted by Gasteiger charge is -2.18. The van der Waals surface area contributed by atoms with E-state index in [9.17, 15) is 9.59 Å². The first-order chi connectivity index (χ1) is 10.8. The summed E-state index contributed by atoms with van der Waals surface area (Å²) in [7, 11) is 0. The van der Waals surface area contributed by atoms with Crippen LogP contribution in [0.5, 0.6) is 0 Å². The van der Waals surface area contributed by atoms with E-state index in [1.165, 1.54) is 0 Å². The number of hydrogen-bond acceptors (Lipinski definition) is 6. The maximum Gasteiger partial charge on any atom is 0.305 e. The number of aliphatic carboxylic acids is 1. The molecule has 23 heavy (non-hydrogen) atoms. The van der Waals surface area contributed by atoms with E-state index in [0.717, 1.165) is 0 Å². The average Bonchev–Trinajstić information content (AvgIpc) is 2.45. The molecule has 0 unspecified atom stereocenters. The molecule has 0 fully saturated rings. The van der Waals surface area contributed by atoms with Crippen LogP contribution in [0.1, 0.15) is 27.2 Å². The first-order valence-electron chi connectivity index (χ1n) is 7.67. The highest BCUT2D eigenvalue weighted by atomic mass is 16.5. The molecule has 0 aliphatic rings. The van der Waals surface area contributed by atoms with Crippen LogP contribution in [0, 0.1) is 0 Å². The van der Waals surface area contributed by atoms with Gasteiger partial charge >= 0.3 is 5.97 Å². The van der Waals surface area contributed by atoms with Crippen molar-refractivity contribution >= 4 is 11.9 Å².